The van der Waals surface area contributed by atoms with E-state index in [0.717, 1.165) is 31.9 Å². The highest BCUT2D eigenvalue weighted by molar-refractivity contribution is 5.28. The molecule has 3 heteroatoms. The molecule has 2 aliphatic rings. The summed E-state index contributed by atoms with van der Waals surface area (Å²) in [6, 6.07) is 8.50. The van der Waals surface area contributed by atoms with Crippen molar-refractivity contribution in [1.82, 2.24) is 10.2 Å². The third-order valence-corrected chi connectivity index (χ3v) is 4.73. The lowest BCUT2D eigenvalue weighted by molar-refractivity contribution is 0.0572. The van der Waals surface area contributed by atoms with Crippen molar-refractivity contribution in [2.75, 3.05) is 26.7 Å². The molecular weight excluding hydrogens is 236 g/mol. The van der Waals surface area contributed by atoms with Gasteiger partial charge in [-0.3, -0.25) is 4.90 Å². The molecule has 2 fully saturated rings. The van der Waals surface area contributed by atoms with Gasteiger partial charge in [0.2, 0.25) is 0 Å². The Morgan fingerprint density at radius 1 is 1.32 bits per heavy atom. The standard InChI is InChI=1S/C16H24N2O/c1-19-15-6-4-5-14(11-15)12-18-10-9-17-13-16(18)7-2-3-8-16/h4-6,11,17H,2-3,7-10,12-13H2,1H3. The second kappa shape index (κ2) is 5.51. The van der Waals surface area contributed by atoms with Crippen molar-refractivity contribution in [3.05, 3.63) is 29.8 Å². The molecule has 1 saturated carbocycles. The molecule has 104 valence electrons. The van der Waals surface area contributed by atoms with Gasteiger partial charge in [0.05, 0.1) is 7.11 Å². The van der Waals surface area contributed by atoms with Crippen LogP contribution >= 0.6 is 0 Å². The van der Waals surface area contributed by atoms with E-state index in [9.17, 15) is 0 Å². The molecule has 3 nitrogen and oxygen atoms in total. The van der Waals surface area contributed by atoms with Gasteiger partial charge in [-0.05, 0) is 30.5 Å². The highest BCUT2D eigenvalue weighted by Gasteiger charge is 2.40. The van der Waals surface area contributed by atoms with Crippen molar-refractivity contribution in [2.24, 2.45) is 0 Å². The van der Waals surface area contributed by atoms with Gasteiger partial charge in [-0.1, -0.05) is 25.0 Å². The smallest absolute Gasteiger partial charge is 0.119 e. The van der Waals surface area contributed by atoms with Crippen LogP contribution in [0.5, 0.6) is 5.75 Å². The molecular formula is C16H24N2O. The normalized spacial score (nSPS) is 22.8. The molecule has 0 amide bonds. The van der Waals surface area contributed by atoms with Gasteiger partial charge in [0.25, 0.3) is 0 Å². The van der Waals surface area contributed by atoms with Crippen LogP contribution in [0.4, 0.5) is 0 Å². The second-order valence-electron chi connectivity index (χ2n) is 5.88. The Morgan fingerprint density at radius 2 is 2.16 bits per heavy atom. The predicted octanol–water partition coefficient (Wildman–Crippen LogP) is 2.41. The maximum absolute atomic E-state index is 5.33. The first-order chi connectivity index (χ1) is 9.32. The number of methoxy groups -OCH3 is 1. The average molecular weight is 260 g/mol. The Bertz CT molecular complexity index is 427. The molecule has 1 aliphatic heterocycles. The fraction of sp³-hybridized carbons (Fsp3) is 0.625. The summed E-state index contributed by atoms with van der Waals surface area (Å²) < 4.78 is 5.33. The second-order valence-corrected chi connectivity index (χ2v) is 5.88. The van der Waals surface area contributed by atoms with E-state index >= 15 is 0 Å². The number of piperazine rings is 1. The molecule has 0 unspecified atom stereocenters. The monoisotopic (exact) mass is 260 g/mol. The van der Waals surface area contributed by atoms with Gasteiger partial charge in [0, 0.05) is 31.7 Å². The van der Waals surface area contributed by atoms with Crippen LogP contribution in [0.3, 0.4) is 0 Å². The number of ether oxygens (including phenoxy) is 1. The molecule has 1 aromatic rings. The quantitative estimate of drug-likeness (QED) is 0.903. The van der Waals surface area contributed by atoms with Crippen molar-refractivity contribution in [3.63, 3.8) is 0 Å². The Hall–Kier alpha value is -1.06. The molecule has 0 bridgehead atoms. The zero-order chi connectivity index (χ0) is 13.1. The fourth-order valence-electron chi connectivity index (χ4n) is 3.65. The summed E-state index contributed by atoms with van der Waals surface area (Å²) in [5.74, 6) is 0.966. The Labute approximate surface area is 115 Å². The van der Waals surface area contributed by atoms with Gasteiger partial charge in [-0.25, -0.2) is 0 Å². The van der Waals surface area contributed by atoms with Crippen LogP contribution in [-0.4, -0.2) is 37.2 Å². The molecule has 1 spiro atoms. The van der Waals surface area contributed by atoms with Crippen molar-refractivity contribution in [2.45, 2.75) is 37.8 Å². The van der Waals surface area contributed by atoms with E-state index in [1.165, 1.54) is 31.2 Å². The van der Waals surface area contributed by atoms with Crippen LogP contribution in [-0.2, 0) is 6.54 Å². The summed E-state index contributed by atoms with van der Waals surface area (Å²) in [6.45, 7) is 4.50. The van der Waals surface area contributed by atoms with Crippen molar-refractivity contribution in [1.29, 1.82) is 0 Å². The molecule has 1 N–H and O–H groups in total. The molecule has 1 aliphatic carbocycles. The minimum atomic E-state index is 0.418. The van der Waals surface area contributed by atoms with Crippen LogP contribution < -0.4 is 10.1 Å². The number of rotatable bonds is 3. The van der Waals surface area contributed by atoms with E-state index in [1.54, 1.807) is 7.11 Å². The Balaban J connectivity index is 1.76. The number of benzene rings is 1. The molecule has 3 rings (SSSR count). The number of hydrogen-bond donors (Lipinski definition) is 1. The SMILES string of the molecule is COc1cccc(CN2CCNCC23CCCC3)c1. The fourth-order valence-corrected chi connectivity index (χ4v) is 3.65. The third kappa shape index (κ3) is 2.63. The number of nitrogens with one attached hydrogen (secondary N) is 1. The lowest BCUT2D eigenvalue weighted by Gasteiger charge is -2.45. The zero-order valence-electron chi connectivity index (χ0n) is 11.8. The van der Waals surface area contributed by atoms with Gasteiger partial charge in [-0.15, -0.1) is 0 Å². The first-order valence-corrected chi connectivity index (χ1v) is 7.41. The van der Waals surface area contributed by atoms with Gasteiger partial charge >= 0.3 is 0 Å². The first kappa shape index (κ1) is 12.9. The largest absolute Gasteiger partial charge is 0.497 e. The van der Waals surface area contributed by atoms with E-state index in [1.807, 2.05) is 6.07 Å². The lowest BCUT2D eigenvalue weighted by atomic mass is 9.92. The first-order valence-electron chi connectivity index (χ1n) is 7.41. The lowest BCUT2D eigenvalue weighted by Crippen LogP contribution is -2.59. The minimum absolute atomic E-state index is 0.418. The van der Waals surface area contributed by atoms with E-state index in [4.69, 9.17) is 4.74 Å². The van der Waals surface area contributed by atoms with E-state index in [-0.39, 0.29) is 0 Å². The minimum Gasteiger partial charge on any atom is -0.497 e. The van der Waals surface area contributed by atoms with Crippen LogP contribution in [0.25, 0.3) is 0 Å². The van der Waals surface area contributed by atoms with Gasteiger partial charge in [0.1, 0.15) is 5.75 Å². The summed E-state index contributed by atoms with van der Waals surface area (Å²) >= 11 is 0. The number of hydrogen-bond acceptors (Lipinski definition) is 3. The van der Waals surface area contributed by atoms with Gasteiger partial charge in [-0.2, -0.15) is 0 Å². The zero-order valence-corrected chi connectivity index (χ0v) is 11.8. The third-order valence-electron chi connectivity index (χ3n) is 4.73. The number of nitrogens with zero attached hydrogens (tertiary/aromatic N) is 1. The molecule has 1 aromatic carbocycles. The Morgan fingerprint density at radius 3 is 2.95 bits per heavy atom. The molecule has 19 heavy (non-hydrogen) atoms. The van der Waals surface area contributed by atoms with E-state index in [2.05, 4.69) is 28.4 Å². The molecule has 0 radical (unpaired) electrons. The maximum atomic E-state index is 5.33. The summed E-state index contributed by atoms with van der Waals surface area (Å²) in [5.41, 5.74) is 1.79. The van der Waals surface area contributed by atoms with E-state index < -0.39 is 0 Å². The molecule has 1 heterocycles. The highest BCUT2D eigenvalue weighted by Crippen LogP contribution is 2.37. The molecule has 0 aromatic heterocycles. The molecule has 0 atom stereocenters. The van der Waals surface area contributed by atoms with Crippen molar-refractivity contribution in [3.8, 4) is 5.75 Å². The van der Waals surface area contributed by atoms with Crippen LogP contribution in [0, 0.1) is 0 Å². The topological polar surface area (TPSA) is 24.5 Å². The summed E-state index contributed by atoms with van der Waals surface area (Å²) in [5, 5.41) is 3.59. The van der Waals surface area contributed by atoms with Crippen molar-refractivity contribution < 1.29 is 4.74 Å². The maximum Gasteiger partial charge on any atom is 0.119 e. The van der Waals surface area contributed by atoms with Crippen molar-refractivity contribution >= 4 is 0 Å². The summed E-state index contributed by atoms with van der Waals surface area (Å²) in [6.07, 6.45) is 5.47. The highest BCUT2D eigenvalue weighted by atomic mass is 16.5. The molecule has 1 saturated heterocycles. The summed E-state index contributed by atoms with van der Waals surface area (Å²) in [7, 11) is 1.74. The summed E-state index contributed by atoms with van der Waals surface area (Å²) in [4.78, 5) is 2.70. The van der Waals surface area contributed by atoms with E-state index in [0.29, 0.717) is 5.54 Å². The van der Waals surface area contributed by atoms with Gasteiger partial charge in [0.15, 0.2) is 0 Å². The van der Waals surface area contributed by atoms with Gasteiger partial charge < -0.3 is 10.1 Å². The predicted molar refractivity (Wildman–Crippen MR) is 77.5 cm³/mol. The Kier molecular flexibility index (Phi) is 3.76. The van der Waals surface area contributed by atoms with Crippen LogP contribution in [0.2, 0.25) is 0 Å². The van der Waals surface area contributed by atoms with Crippen LogP contribution in [0.15, 0.2) is 24.3 Å². The van der Waals surface area contributed by atoms with Crippen LogP contribution in [0.1, 0.15) is 31.2 Å². The average Bonchev–Trinajstić information content (AvgIpc) is 2.91.